The van der Waals surface area contributed by atoms with Gasteiger partial charge < -0.3 is 14.0 Å². The van der Waals surface area contributed by atoms with Crippen molar-refractivity contribution in [1.82, 2.24) is 4.31 Å². The maximum Gasteiger partial charge on any atom is 0.415 e. The summed E-state index contributed by atoms with van der Waals surface area (Å²) in [5.74, 6) is 0.677. The zero-order chi connectivity index (χ0) is 21.4. The molecule has 0 saturated carbocycles. The van der Waals surface area contributed by atoms with Crippen LogP contribution in [0.15, 0.2) is 65.6 Å². The largest absolute Gasteiger partial charge is 0.593 e. The molecule has 2 aliphatic rings. The summed E-state index contributed by atoms with van der Waals surface area (Å²) >= 11 is -1.23. The van der Waals surface area contributed by atoms with Crippen molar-refractivity contribution in [2.75, 3.05) is 25.1 Å². The van der Waals surface area contributed by atoms with Gasteiger partial charge in [-0.2, -0.15) is 0 Å². The minimum atomic E-state index is -1.23. The zero-order valence-corrected chi connectivity index (χ0v) is 18.1. The van der Waals surface area contributed by atoms with Gasteiger partial charge in [0.25, 0.3) is 0 Å². The van der Waals surface area contributed by atoms with Crippen LogP contribution in [-0.2, 0) is 22.7 Å². The number of amides is 1. The standard InChI is InChI=1S/C24H24N2O4S/c1-29-22-8-4-7-19-16-30-24(27)26(23(19)22)20-11-13-25(14-12-20)31(28)21-10-9-17-5-2-3-6-18(17)15-21/h2-10,15,20H,11-14,16H2,1H3. The average Bonchev–Trinajstić information content (AvgIpc) is 2.83. The highest BCUT2D eigenvalue weighted by Gasteiger charge is 2.38. The maximum absolute atomic E-state index is 13.2. The number of carbonyl (C=O) groups excluding carboxylic acids is 1. The van der Waals surface area contributed by atoms with E-state index in [1.54, 1.807) is 12.0 Å². The number of piperidine rings is 1. The summed E-state index contributed by atoms with van der Waals surface area (Å²) in [5.41, 5.74) is 1.75. The van der Waals surface area contributed by atoms with Crippen molar-refractivity contribution in [2.45, 2.75) is 30.4 Å². The summed E-state index contributed by atoms with van der Waals surface area (Å²) in [7, 11) is 1.61. The highest BCUT2D eigenvalue weighted by atomic mass is 32.2. The number of anilines is 1. The van der Waals surface area contributed by atoms with Crippen LogP contribution in [0.4, 0.5) is 10.5 Å². The number of hydrogen-bond acceptors (Lipinski definition) is 5. The summed E-state index contributed by atoms with van der Waals surface area (Å²) in [6.45, 7) is 1.53. The smallest absolute Gasteiger partial charge is 0.415 e. The van der Waals surface area contributed by atoms with E-state index in [1.807, 2.05) is 58.9 Å². The lowest BCUT2D eigenvalue weighted by Gasteiger charge is -2.40. The fraction of sp³-hybridized carbons (Fsp3) is 0.292. The number of benzene rings is 3. The highest BCUT2D eigenvalue weighted by molar-refractivity contribution is 7.89. The number of cyclic esters (lactones) is 1. The number of ether oxygens (including phenoxy) is 2. The van der Waals surface area contributed by atoms with Crippen molar-refractivity contribution >= 4 is 33.9 Å². The molecule has 31 heavy (non-hydrogen) atoms. The maximum atomic E-state index is 13.2. The van der Waals surface area contributed by atoms with Gasteiger partial charge in [-0.15, -0.1) is 4.31 Å². The first kappa shape index (κ1) is 20.2. The predicted octanol–water partition coefficient (Wildman–Crippen LogP) is 4.49. The van der Waals surface area contributed by atoms with Gasteiger partial charge in [0.15, 0.2) is 4.90 Å². The monoisotopic (exact) mass is 436 g/mol. The lowest BCUT2D eigenvalue weighted by molar-refractivity contribution is 0.135. The first-order chi connectivity index (χ1) is 15.2. The van der Waals surface area contributed by atoms with Crippen LogP contribution in [0.25, 0.3) is 10.8 Å². The Morgan fingerprint density at radius 3 is 2.58 bits per heavy atom. The van der Waals surface area contributed by atoms with E-state index in [2.05, 4.69) is 6.07 Å². The molecule has 0 aliphatic carbocycles. The van der Waals surface area contributed by atoms with Gasteiger partial charge in [0.05, 0.1) is 24.2 Å². The normalized spacial score (nSPS) is 18.5. The number of carbonyl (C=O) groups is 1. The molecule has 0 bridgehead atoms. The molecular weight excluding hydrogens is 412 g/mol. The molecule has 3 aromatic rings. The fourth-order valence-corrected chi connectivity index (χ4v) is 5.70. The van der Waals surface area contributed by atoms with E-state index in [9.17, 15) is 9.35 Å². The van der Waals surface area contributed by atoms with Gasteiger partial charge in [-0.3, -0.25) is 4.90 Å². The van der Waals surface area contributed by atoms with Crippen LogP contribution in [0.2, 0.25) is 0 Å². The van der Waals surface area contributed by atoms with Crippen molar-refractivity contribution in [3.05, 3.63) is 66.2 Å². The second kappa shape index (κ2) is 8.42. The van der Waals surface area contributed by atoms with Crippen molar-refractivity contribution < 1.29 is 18.8 Å². The van der Waals surface area contributed by atoms with E-state index in [4.69, 9.17) is 9.47 Å². The second-order valence-corrected chi connectivity index (χ2v) is 9.30. The van der Waals surface area contributed by atoms with Gasteiger partial charge in [0, 0.05) is 30.8 Å². The van der Waals surface area contributed by atoms with E-state index in [-0.39, 0.29) is 18.7 Å². The van der Waals surface area contributed by atoms with Gasteiger partial charge >= 0.3 is 6.09 Å². The molecule has 3 aromatic carbocycles. The molecule has 0 spiro atoms. The molecule has 0 N–H and O–H groups in total. The molecule has 1 fully saturated rings. The van der Waals surface area contributed by atoms with E-state index in [0.717, 1.165) is 26.9 Å². The summed E-state index contributed by atoms with van der Waals surface area (Å²) in [4.78, 5) is 15.2. The molecule has 1 amide bonds. The Morgan fingerprint density at radius 1 is 1.03 bits per heavy atom. The molecule has 2 heterocycles. The van der Waals surface area contributed by atoms with Crippen LogP contribution >= 0.6 is 0 Å². The van der Waals surface area contributed by atoms with E-state index >= 15 is 0 Å². The Bertz CT molecular complexity index is 1100. The number of methoxy groups -OCH3 is 1. The van der Waals surface area contributed by atoms with Gasteiger partial charge in [0.1, 0.15) is 12.4 Å². The molecule has 0 radical (unpaired) electrons. The molecule has 1 atom stereocenters. The molecule has 160 valence electrons. The van der Waals surface area contributed by atoms with Gasteiger partial charge in [-0.05, 0) is 41.8 Å². The molecule has 1 saturated heterocycles. The van der Waals surface area contributed by atoms with Gasteiger partial charge in [-0.1, -0.05) is 36.4 Å². The molecular formula is C24H24N2O4S. The van der Waals surface area contributed by atoms with Crippen LogP contribution in [0.1, 0.15) is 18.4 Å². The topological polar surface area (TPSA) is 65.1 Å². The number of nitrogens with zero attached hydrogens (tertiary/aromatic N) is 2. The second-order valence-electron chi connectivity index (χ2n) is 7.81. The Labute approximate surface area is 184 Å². The lowest BCUT2D eigenvalue weighted by Crippen LogP contribution is -2.50. The number of rotatable bonds is 4. The third-order valence-electron chi connectivity index (χ3n) is 6.04. The van der Waals surface area contributed by atoms with Crippen LogP contribution < -0.4 is 9.64 Å². The van der Waals surface area contributed by atoms with Gasteiger partial charge in [0.2, 0.25) is 0 Å². The third kappa shape index (κ3) is 3.73. The van der Waals surface area contributed by atoms with Crippen molar-refractivity contribution in [3.63, 3.8) is 0 Å². The minimum absolute atomic E-state index is 0.0206. The van der Waals surface area contributed by atoms with E-state index < -0.39 is 11.4 Å². The quantitative estimate of drug-likeness (QED) is 0.564. The number of fused-ring (bicyclic) bond motifs is 2. The minimum Gasteiger partial charge on any atom is -0.593 e. The van der Waals surface area contributed by atoms with Crippen LogP contribution in [0, 0.1) is 0 Å². The Balaban J connectivity index is 1.33. The molecule has 7 heteroatoms. The summed E-state index contributed by atoms with van der Waals surface area (Å²) in [6.07, 6.45) is 1.09. The lowest BCUT2D eigenvalue weighted by atomic mass is 10.0. The number of para-hydroxylation sites is 1. The molecule has 6 nitrogen and oxygen atoms in total. The molecule has 1 unspecified atom stereocenters. The zero-order valence-electron chi connectivity index (χ0n) is 17.3. The van der Waals surface area contributed by atoms with Crippen LogP contribution in [-0.4, -0.2) is 41.2 Å². The fourth-order valence-electron chi connectivity index (χ4n) is 4.45. The number of hydrogen-bond donors (Lipinski definition) is 0. The first-order valence-corrected chi connectivity index (χ1v) is 11.5. The summed E-state index contributed by atoms with van der Waals surface area (Å²) in [5, 5.41) is 2.22. The SMILES string of the molecule is COc1cccc2c1N(C1CCN([S+]([O-])c3ccc4ccccc4c3)CC1)C(=O)OC2. The van der Waals surface area contributed by atoms with Gasteiger partial charge in [-0.25, -0.2) is 4.79 Å². The van der Waals surface area contributed by atoms with Crippen molar-refractivity contribution in [3.8, 4) is 5.75 Å². The van der Waals surface area contributed by atoms with E-state index in [0.29, 0.717) is 31.7 Å². The van der Waals surface area contributed by atoms with Crippen molar-refractivity contribution in [1.29, 1.82) is 0 Å². The first-order valence-electron chi connectivity index (χ1n) is 10.4. The molecule has 2 aliphatic heterocycles. The Morgan fingerprint density at radius 2 is 1.81 bits per heavy atom. The van der Waals surface area contributed by atoms with Crippen LogP contribution in [0.3, 0.4) is 0 Å². The average molecular weight is 437 g/mol. The molecule has 0 aromatic heterocycles. The molecule has 5 rings (SSSR count). The summed E-state index contributed by atoms with van der Waals surface area (Å²) in [6, 6.07) is 19.8. The van der Waals surface area contributed by atoms with E-state index in [1.165, 1.54) is 0 Å². The predicted molar refractivity (Wildman–Crippen MR) is 121 cm³/mol. The third-order valence-corrected chi connectivity index (χ3v) is 7.53. The Hall–Kier alpha value is -2.74. The van der Waals surface area contributed by atoms with Crippen molar-refractivity contribution in [2.24, 2.45) is 0 Å². The highest BCUT2D eigenvalue weighted by Crippen LogP contribution is 2.39. The Kier molecular flexibility index (Phi) is 5.48. The summed E-state index contributed by atoms with van der Waals surface area (Å²) < 4.78 is 26.1. The van der Waals surface area contributed by atoms with Crippen LogP contribution in [0.5, 0.6) is 5.75 Å².